The van der Waals surface area contributed by atoms with Gasteiger partial charge in [-0.1, -0.05) is 33.8 Å². The van der Waals surface area contributed by atoms with Crippen LogP contribution in [0, 0.1) is 11.3 Å². The summed E-state index contributed by atoms with van der Waals surface area (Å²) in [5.74, 6) is 0.521. The average molecular weight is 375 g/mol. The number of aromatic nitrogens is 2. The van der Waals surface area contributed by atoms with Crippen LogP contribution in [-0.2, 0) is 20.0 Å². The number of amides is 2. The molecule has 2 amide bonds. The number of nitrogens with zero attached hydrogens (tertiary/aromatic N) is 3. The Morgan fingerprint density at radius 2 is 2.19 bits per heavy atom. The van der Waals surface area contributed by atoms with Gasteiger partial charge in [0.15, 0.2) is 0 Å². The molecule has 1 atom stereocenters. The van der Waals surface area contributed by atoms with E-state index < -0.39 is 0 Å². The van der Waals surface area contributed by atoms with Crippen molar-refractivity contribution in [1.29, 1.82) is 0 Å². The summed E-state index contributed by atoms with van der Waals surface area (Å²) in [6, 6.07) is 4.26. The summed E-state index contributed by atoms with van der Waals surface area (Å²) in [7, 11) is 1.99. The largest absolute Gasteiger partial charge is 0.330 e. The first-order valence-corrected chi connectivity index (χ1v) is 10.2. The van der Waals surface area contributed by atoms with Crippen molar-refractivity contribution in [2.24, 2.45) is 18.4 Å². The normalized spacial score (nSPS) is 17.7. The van der Waals surface area contributed by atoms with Crippen molar-refractivity contribution in [2.45, 2.75) is 53.1 Å². The van der Waals surface area contributed by atoms with Gasteiger partial charge in [0.05, 0.1) is 18.8 Å². The first kappa shape index (κ1) is 19.0. The molecule has 5 nitrogen and oxygen atoms in total. The third kappa shape index (κ3) is 4.29. The van der Waals surface area contributed by atoms with Crippen molar-refractivity contribution in [3.05, 3.63) is 39.8 Å². The van der Waals surface area contributed by atoms with Crippen molar-refractivity contribution in [3.63, 3.8) is 0 Å². The summed E-state index contributed by atoms with van der Waals surface area (Å²) in [5, 5.41) is 9.77. The zero-order valence-corrected chi connectivity index (χ0v) is 17.3. The molecular formula is C20H30N4OS. The minimum Gasteiger partial charge on any atom is -0.330 e. The minimum absolute atomic E-state index is 0.0207. The Morgan fingerprint density at radius 3 is 2.85 bits per heavy atom. The highest BCUT2D eigenvalue weighted by Gasteiger charge is 2.33. The first-order chi connectivity index (χ1) is 12.2. The van der Waals surface area contributed by atoms with E-state index in [2.05, 4.69) is 55.6 Å². The van der Waals surface area contributed by atoms with E-state index in [4.69, 9.17) is 0 Å². The molecule has 6 heteroatoms. The Balaban J connectivity index is 1.79. The van der Waals surface area contributed by atoms with Crippen LogP contribution in [0.15, 0.2) is 23.7 Å². The SMILES string of the molecule is CC(C)CC(NC(=O)N1Cc2cnn(C)c2CC(C)(C)C1)c1cccs1. The molecular weight excluding hydrogens is 344 g/mol. The van der Waals surface area contributed by atoms with Gasteiger partial charge in [0.1, 0.15) is 0 Å². The molecule has 1 N–H and O–H groups in total. The van der Waals surface area contributed by atoms with Gasteiger partial charge in [-0.05, 0) is 35.6 Å². The number of hydrogen-bond donors (Lipinski definition) is 1. The van der Waals surface area contributed by atoms with Crippen molar-refractivity contribution in [1.82, 2.24) is 20.0 Å². The summed E-state index contributed by atoms with van der Waals surface area (Å²) in [6.45, 7) is 10.2. The van der Waals surface area contributed by atoms with E-state index in [1.807, 2.05) is 22.8 Å². The highest BCUT2D eigenvalue weighted by molar-refractivity contribution is 7.10. The van der Waals surface area contributed by atoms with Gasteiger partial charge in [-0.2, -0.15) is 5.10 Å². The van der Waals surface area contributed by atoms with Crippen LogP contribution in [-0.4, -0.2) is 27.3 Å². The van der Waals surface area contributed by atoms with Crippen molar-refractivity contribution in [3.8, 4) is 0 Å². The Hall–Kier alpha value is -1.82. The highest BCUT2D eigenvalue weighted by atomic mass is 32.1. The monoisotopic (exact) mass is 374 g/mol. The molecule has 0 bridgehead atoms. The number of urea groups is 1. The van der Waals surface area contributed by atoms with Crippen LogP contribution >= 0.6 is 11.3 Å². The van der Waals surface area contributed by atoms with Crippen molar-refractivity contribution >= 4 is 17.4 Å². The summed E-state index contributed by atoms with van der Waals surface area (Å²) in [6.07, 6.45) is 3.78. The lowest BCUT2D eigenvalue weighted by molar-refractivity contribution is 0.163. The molecule has 2 aromatic rings. The zero-order chi connectivity index (χ0) is 18.9. The maximum absolute atomic E-state index is 13.1. The lowest BCUT2D eigenvalue weighted by atomic mass is 9.87. The zero-order valence-electron chi connectivity index (χ0n) is 16.5. The van der Waals surface area contributed by atoms with E-state index in [0.29, 0.717) is 12.5 Å². The van der Waals surface area contributed by atoms with Gasteiger partial charge in [0.25, 0.3) is 0 Å². The molecule has 142 valence electrons. The predicted octanol–water partition coefficient (Wildman–Crippen LogP) is 4.36. The van der Waals surface area contributed by atoms with E-state index in [9.17, 15) is 4.79 Å². The van der Waals surface area contributed by atoms with Crippen molar-refractivity contribution < 1.29 is 4.79 Å². The van der Waals surface area contributed by atoms with Gasteiger partial charge >= 0.3 is 6.03 Å². The van der Waals surface area contributed by atoms with E-state index >= 15 is 0 Å². The molecule has 0 aliphatic carbocycles. The Bertz CT molecular complexity index is 748. The summed E-state index contributed by atoms with van der Waals surface area (Å²) in [4.78, 5) is 16.3. The fraction of sp³-hybridized carbons (Fsp3) is 0.600. The maximum Gasteiger partial charge on any atom is 0.318 e. The predicted molar refractivity (Wildman–Crippen MR) is 106 cm³/mol. The number of aryl methyl sites for hydroxylation is 1. The number of fused-ring (bicyclic) bond motifs is 1. The molecule has 3 heterocycles. The minimum atomic E-state index is 0.0207. The molecule has 1 aliphatic rings. The summed E-state index contributed by atoms with van der Waals surface area (Å²) in [5.41, 5.74) is 2.42. The van der Waals surface area contributed by atoms with Crippen molar-refractivity contribution in [2.75, 3.05) is 6.54 Å². The van der Waals surface area contributed by atoms with Gasteiger partial charge in [-0.25, -0.2) is 4.79 Å². The number of nitrogens with one attached hydrogen (secondary N) is 1. The standard InChI is InChI=1S/C20H30N4OS/c1-14(2)9-16(18-7-6-8-26-18)22-19(25)24-12-15-11-21-23(5)17(15)10-20(3,4)13-24/h6-8,11,14,16H,9-10,12-13H2,1-5H3,(H,22,25). The van der Waals surface area contributed by atoms with Gasteiger partial charge in [-0.3, -0.25) is 4.68 Å². The van der Waals surface area contributed by atoms with Gasteiger partial charge in [0.2, 0.25) is 0 Å². The number of carbonyl (C=O) groups is 1. The molecule has 0 saturated carbocycles. The smallest absolute Gasteiger partial charge is 0.318 e. The first-order valence-electron chi connectivity index (χ1n) is 9.34. The molecule has 1 unspecified atom stereocenters. The lowest BCUT2D eigenvalue weighted by Gasteiger charge is -2.31. The van der Waals surface area contributed by atoms with E-state index in [1.165, 1.54) is 10.6 Å². The molecule has 0 aromatic carbocycles. The number of rotatable bonds is 4. The maximum atomic E-state index is 13.1. The van der Waals surface area contributed by atoms with Crippen LogP contribution in [0.5, 0.6) is 0 Å². The van der Waals surface area contributed by atoms with Gasteiger partial charge < -0.3 is 10.2 Å². The molecule has 0 spiro atoms. The Kier molecular flexibility index (Phi) is 5.42. The fourth-order valence-corrected chi connectivity index (χ4v) is 4.54. The Morgan fingerprint density at radius 1 is 1.42 bits per heavy atom. The summed E-state index contributed by atoms with van der Waals surface area (Å²) >= 11 is 1.71. The second-order valence-corrected chi connectivity index (χ2v) is 9.56. The third-order valence-corrected chi connectivity index (χ3v) is 5.94. The molecule has 0 fully saturated rings. The van der Waals surface area contributed by atoms with Gasteiger partial charge in [-0.15, -0.1) is 11.3 Å². The topological polar surface area (TPSA) is 50.2 Å². The quantitative estimate of drug-likeness (QED) is 0.864. The molecule has 0 saturated heterocycles. The van der Waals surface area contributed by atoms with Gasteiger partial charge in [0, 0.05) is 29.7 Å². The highest BCUT2D eigenvalue weighted by Crippen LogP contribution is 2.31. The van der Waals surface area contributed by atoms with Crippen LogP contribution in [0.1, 0.15) is 56.3 Å². The molecule has 2 aromatic heterocycles. The average Bonchev–Trinajstić information content (AvgIpc) is 3.15. The van der Waals surface area contributed by atoms with E-state index in [-0.39, 0.29) is 17.5 Å². The third-order valence-electron chi connectivity index (χ3n) is 4.95. The fourth-order valence-electron chi connectivity index (χ4n) is 3.75. The lowest BCUT2D eigenvalue weighted by Crippen LogP contribution is -2.44. The van der Waals surface area contributed by atoms with Crippen LogP contribution < -0.4 is 5.32 Å². The molecule has 3 rings (SSSR count). The number of thiophene rings is 1. The second kappa shape index (κ2) is 7.43. The van der Waals surface area contributed by atoms with Crippen LogP contribution in [0.25, 0.3) is 0 Å². The number of hydrogen-bond acceptors (Lipinski definition) is 3. The van der Waals surface area contributed by atoms with E-state index in [1.54, 1.807) is 11.3 Å². The number of carbonyl (C=O) groups excluding carboxylic acids is 1. The molecule has 1 aliphatic heterocycles. The molecule has 0 radical (unpaired) electrons. The Labute approximate surface area is 160 Å². The summed E-state index contributed by atoms with van der Waals surface area (Å²) < 4.78 is 1.95. The molecule has 26 heavy (non-hydrogen) atoms. The second-order valence-electron chi connectivity index (χ2n) is 8.58. The van der Waals surface area contributed by atoms with Crippen LogP contribution in [0.3, 0.4) is 0 Å². The van der Waals surface area contributed by atoms with Crippen LogP contribution in [0.4, 0.5) is 4.79 Å². The van der Waals surface area contributed by atoms with E-state index in [0.717, 1.165) is 24.9 Å². The van der Waals surface area contributed by atoms with Crippen LogP contribution in [0.2, 0.25) is 0 Å².